The highest BCUT2D eigenvalue weighted by Crippen LogP contribution is 2.47. The number of aromatic nitrogens is 1. The van der Waals surface area contributed by atoms with E-state index in [1.165, 1.54) is 37.9 Å². The van der Waals surface area contributed by atoms with Crippen LogP contribution < -0.4 is 10.1 Å². The third-order valence-corrected chi connectivity index (χ3v) is 5.00. The number of rotatable bonds is 4. The van der Waals surface area contributed by atoms with Crippen LogP contribution in [0.1, 0.15) is 31.2 Å². The van der Waals surface area contributed by atoms with Crippen LogP contribution in [0.4, 0.5) is 13.2 Å². The number of hydrogen-bond donors (Lipinski definition) is 1. The van der Waals surface area contributed by atoms with E-state index in [2.05, 4.69) is 24.9 Å². The van der Waals surface area contributed by atoms with Gasteiger partial charge in [-0.05, 0) is 30.2 Å². The second-order valence-electron chi connectivity index (χ2n) is 6.83. The van der Waals surface area contributed by atoms with Crippen molar-refractivity contribution < 1.29 is 17.9 Å². The van der Waals surface area contributed by atoms with Crippen molar-refractivity contribution in [3.63, 3.8) is 0 Å². The maximum atomic E-state index is 12.1. The van der Waals surface area contributed by atoms with E-state index in [-0.39, 0.29) is 29.9 Å². The first-order valence-corrected chi connectivity index (χ1v) is 8.49. The average Bonchev–Trinajstić information content (AvgIpc) is 3.00. The van der Waals surface area contributed by atoms with Crippen molar-refractivity contribution in [2.24, 2.45) is 10.4 Å². The van der Waals surface area contributed by atoms with Gasteiger partial charge in [0, 0.05) is 38.9 Å². The summed E-state index contributed by atoms with van der Waals surface area (Å²) in [6.45, 7) is 1.25. The number of nitrogens with zero attached hydrogens (tertiary/aromatic N) is 3. The first-order valence-electron chi connectivity index (χ1n) is 8.49. The minimum absolute atomic E-state index is 0. The second-order valence-corrected chi connectivity index (χ2v) is 6.83. The molecule has 5 nitrogen and oxygen atoms in total. The van der Waals surface area contributed by atoms with Crippen molar-refractivity contribution in [1.82, 2.24) is 15.2 Å². The van der Waals surface area contributed by atoms with Crippen molar-refractivity contribution in [2.75, 3.05) is 26.7 Å². The van der Waals surface area contributed by atoms with Crippen LogP contribution in [0, 0.1) is 5.41 Å². The largest absolute Gasteiger partial charge is 0.468 e. The molecule has 2 aliphatic rings. The number of aliphatic imine (C=N–C) groups is 1. The molecule has 3 rings (SSSR count). The van der Waals surface area contributed by atoms with Gasteiger partial charge in [-0.1, -0.05) is 12.5 Å². The minimum atomic E-state index is -4.36. The Balaban J connectivity index is 0.00000243. The molecule has 9 heteroatoms. The number of nitrogens with one attached hydrogen (secondary N) is 1. The lowest BCUT2D eigenvalue weighted by atomic mass is 9.68. The third kappa shape index (κ3) is 5.37. The van der Waals surface area contributed by atoms with Gasteiger partial charge >= 0.3 is 6.18 Å². The molecule has 0 bridgehead atoms. The lowest BCUT2D eigenvalue weighted by Gasteiger charge is -2.38. The van der Waals surface area contributed by atoms with Gasteiger partial charge in [-0.15, -0.1) is 24.0 Å². The molecule has 0 amide bonds. The Morgan fingerprint density at radius 1 is 1.35 bits per heavy atom. The van der Waals surface area contributed by atoms with Crippen molar-refractivity contribution in [1.29, 1.82) is 0 Å². The molecule has 1 saturated carbocycles. The maximum Gasteiger partial charge on any atom is 0.422 e. The Kier molecular flexibility index (Phi) is 6.98. The van der Waals surface area contributed by atoms with Crippen LogP contribution in [0.2, 0.25) is 0 Å². The molecule has 2 fully saturated rings. The van der Waals surface area contributed by atoms with E-state index >= 15 is 0 Å². The zero-order valence-corrected chi connectivity index (χ0v) is 17.0. The quantitative estimate of drug-likeness (QED) is 0.404. The molecule has 0 unspecified atom stereocenters. The number of guanidine groups is 1. The summed E-state index contributed by atoms with van der Waals surface area (Å²) in [6, 6.07) is 3.15. The van der Waals surface area contributed by atoms with E-state index in [1.807, 2.05) is 0 Å². The fraction of sp³-hybridized carbons (Fsp3) is 0.647. The highest BCUT2D eigenvalue weighted by atomic mass is 127. The molecular formula is C17H24F3IN4O. The smallest absolute Gasteiger partial charge is 0.422 e. The van der Waals surface area contributed by atoms with E-state index in [1.54, 1.807) is 13.1 Å². The molecular weight excluding hydrogens is 460 g/mol. The molecule has 0 atom stereocenters. The molecule has 26 heavy (non-hydrogen) atoms. The molecule has 1 N–H and O–H groups in total. The van der Waals surface area contributed by atoms with Gasteiger partial charge in [0.1, 0.15) is 0 Å². The van der Waals surface area contributed by atoms with E-state index in [0.717, 1.165) is 24.6 Å². The summed E-state index contributed by atoms with van der Waals surface area (Å²) >= 11 is 0. The molecule has 146 valence electrons. The van der Waals surface area contributed by atoms with Gasteiger partial charge in [0.15, 0.2) is 12.6 Å². The average molecular weight is 484 g/mol. The van der Waals surface area contributed by atoms with Crippen molar-refractivity contribution >= 4 is 29.9 Å². The van der Waals surface area contributed by atoms with Crippen LogP contribution in [-0.4, -0.2) is 48.8 Å². The topological polar surface area (TPSA) is 49.8 Å². The Hall–Kier alpha value is -1.26. The molecule has 1 saturated heterocycles. The number of ether oxygens (including phenoxy) is 1. The summed E-state index contributed by atoms with van der Waals surface area (Å²) in [7, 11) is 1.76. The Morgan fingerprint density at radius 2 is 2.12 bits per heavy atom. The number of likely N-dealkylation sites (tertiary alicyclic amines) is 1. The van der Waals surface area contributed by atoms with Gasteiger partial charge < -0.3 is 15.0 Å². The summed E-state index contributed by atoms with van der Waals surface area (Å²) in [4.78, 5) is 10.5. The third-order valence-electron chi connectivity index (χ3n) is 5.00. The standard InChI is InChI=1S/C17H23F3N4O.HI/c1-21-15(24-8-7-16(11-24)5-2-6-16)23-10-13-3-4-14(22-9-13)25-12-17(18,19)20;/h3-4,9H,2,5-8,10-12H2,1H3,(H,21,23);1H. The van der Waals surface area contributed by atoms with E-state index < -0.39 is 12.8 Å². The van der Waals surface area contributed by atoms with Crippen molar-refractivity contribution in [3.05, 3.63) is 23.9 Å². The number of hydrogen-bond acceptors (Lipinski definition) is 3. The molecule has 1 aromatic rings. The predicted octanol–water partition coefficient (Wildman–Crippen LogP) is 3.59. The van der Waals surface area contributed by atoms with E-state index in [4.69, 9.17) is 0 Å². The van der Waals surface area contributed by atoms with Gasteiger partial charge in [0.25, 0.3) is 0 Å². The van der Waals surface area contributed by atoms with Crippen LogP contribution in [0.5, 0.6) is 5.88 Å². The number of alkyl halides is 3. The van der Waals surface area contributed by atoms with Crippen molar-refractivity contribution in [3.8, 4) is 5.88 Å². The number of pyridine rings is 1. The number of halogens is 4. The first-order chi connectivity index (χ1) is 11.9. The fourth-order valence-corrected chi connectivity index (χ4v) is 3.47. The predicted molar refractivity (Wildman–Crippen MR) is 104 cm³/mol. The van der Waals surface area contributed by atoms with Gasteiger partial charge in [0.05, 0.1) is 0 Å². The lowest BCUT2D eigenvalue weighted by Crippen LogP contribution is -2.42. The van der Waals surface area contributed by atoms with Crippen LogP contribution in [0.15, 0.2) is 23.3 Å². The molecule has 1 aliphatic heterocycles. The zero-order chi connectivity index (χ0) is 17.9. The first kappa shape index (κ1) is 21.0. The van der Waals surface area contributed by atoms with Gasteiger partial charge in [-0.25, -0.2) is 4.98 Å². The Bertz CT molecular complexity index is 617. The Morgan fingerprint density at radius 3 is 2.62 bits per heavy atom. The molecule has 0 aromatic carbocycles. The van der Waals surface area contributed by atoms with Crippen LogP contribution in [-0.2, 0) is 6.54 Å². The summed E-state index contributed by atoms with van der Waals surface area (Å²) in [5.74, 6) is 0.832. The van der Waals surface area contributed by atoms with Crippen molar-refractivity contribution in [2.45, 2.75) is 38.4 Å². The molecule has 1 aliphatic carbocycles. The summed E-state index contributed by atoms with van der Waals surface area (Å²) in [5, 5.41) is 3.30. The van der Waals surface area contributed by atoms with Gasteiger partial charge in [-0.3, -0.25) is 4.99 Å². The van der Waals surface area contributed by atoms with Crippen LogP contribution >= 0.6 is 24.0 Å². The van der Waals surface area contributed by atoms with Crippen LogP contribution in [0.3, 0.4) is 0 Å². The van der Waals surface area contributed by atoms with Crippen LogP contribution in [0.25, 0.3) is 0 Å². The lowest BCUT2D eigenvalue weighted by molar-refractivity contribution is -0.154. The fourth-order valence-electron chi connectivity index (χ4n) is 3.47. The summed E-state index contributed by atoms with van der Waals surface area (Å²) < 4.78 is 41.0. The molecule has 0 radical (unpaired) electrons. The highest BCUT2D eigenvalue weighted by Gasteiger charge is 2.43. The zero-order valence-electron chi connectivity index (χ0n) is 14.7. The summed E-state index contributed by atoms with van der Waals surface area (Å²) in [5.41, 5.74) is 1.36. The normalized spacial score (nSPS) is 19.1. The highest BCUT2D eigenvalue weighted by molar-refractivity contribution is 14.0. The van der Waals surface area contributed by atoms with E-state index in [0.29, 0.717) is 12.0 Å². The van der Waals surface area contributed by atoms with Gasteiger partial charge in [-0.2, -0.15) is 13.2 Å². The molecule has 2 heterocycles. The van der Waals surface area contributed by atoms with E-state index in [9.17, 15) is 13.2 Å². The monoisotopic (exact) mass is 484 g/mol. The summed E-state index contributed by atoms with van der Waals surface area (Å²) in [6.07, 6.45) is 2.33. The minimum Gasteiger partial charge on any atom is -0.468 e. The molecule has 1 aromatic heterocycles. The maximum absolute atomic E-state index is 12.1. The second kappa shape index (κ2) is 8.62. The molecule has 1 spiro atoms. The Labute approximate surface area is 168 Å². The van der Waals surface area contributed by atoms with Gasteiger partial charge in [0.2, 0.25) is 5.88 Å². The SMILES string of the molecule is CN=C(NCc1ccc(OCC(F)(F)F)nc1)N1CCC2(CCC2)C1.I.